The fraction of sp³-hybridized carbons (Fsp3) is 1.00. The molecule has 0 bridgehead atoms. The zero-order chi connectivity index (χ0) is 9.95. The van der Waals surface area contributed by atoms with Gasteiger partial charge in [0.15, 0.2) is 0 Å². The molecule has 0 aromatic carbocycles. The summed E-state index contributed by atoms with van der Waals surface area (Å²) in [5.41, 5.74) is 0.133. The number of hydrogen-bond donors (Lipinski definition) is 2. The number of sulfonamides is 1. The Bertz CT molecular complexity index is 261. The molecule has 0 radical (unpaired) electrons. The third kappa shape index (κ3) is 5.14. The highest BCUT2D eigenvalue weighted by atomic mass is 35.5. The molecule has 0 aromatic heterocycles. The van der Waals surface area contributed by atoms with Gasteiger partial charge in [0.25, 0.3) is 0 Å². The minimum atomic E-state index is -3.03. The van der Waals surface area contributed by atoms with Crippen LogP contribution in [0.2, 0.25) is 0 Å². The summed E-state index contributed by atoms with van der Waals surface area (Å²) in [6.45, 7) is 4.67. The van der Waals surface area contributed by atoms with Crippen LogP contribution in [0.15, 0.2) is 0 Å². The molecule has 4 nitrogen and oxygen atoms in total. The van der Waals surface area contributed by atoms with Gasteiger partial charge in [-0.05, 0) is 31.3 Å². The standard InChI is InChI=1S/C8H18N2O2S.ClH/c1-8(3-5-9-6-4-8)7-10-13(2,11)12;/h9-10H,3-7H2,1-2H3;1H. The highest BCUT2D eigenvalue weighted by Crippen LogP contribution is 2.26. The average molecular weight is 243 g/mol. The molecule has 14 heavy (non-hydrogen) atoms. The van der Waals surface area contributed by atoms with Crippen molar-refractivity contribution in [3.05, 3.63) is 0 Å². The van der Waals surface area contributed by atoms with Crippen LogP contribution in [0.4, 0.5) is 0 Å². The topological polar surface area (TPSA) is 58.2 Å². The Hall–Kier alpha value is 0.160. The van der Waals surface area contributed by atoms with Crippen molar-refractivity contribution in [1.82, 2.24) is 10.0 Å². The molecule has 1 fully saturated rings. The van der Waals surface area contributed by atoms with E-state index in [2.05, 4.69) is 17.0 Å². The van der Waals surface area contributed by atoms with E-state index in [1.54, 1.807) is 0 Å². The Morgan fingerprint density at radius 3 is 2.29 bits per heavy atom. The molecule has 86 valence electrons. The van der Waals surface area contributed by atoms with Crippen LogP contribution in [0.1, 0.15) is 19.8 Å². The smallest absolute Gasteiger partial charge is 0.208 e. The molecule has 1 heterocycles. The molecule has 0 spiro atoms. The van der Waals surface area contributed by atoms with Crippen molar-refractivity contribution in [2.75, 3.05) is 25.9 Å². The summed E-state index contributed by atoms with van der Waals surface area (Å²) < 4.78 is 24.4. The molecule has 1 rings (SSSR count). The van der Waals surface area contributed by atoms with E-state index < -0.39 is 10.0 Å². The van der Waals surface area contributed by atoms with Crippen molar-refractivity contribution in [1.29, 1.82) is 0 Å². The lowest BCUT2D eigenvalue weighted by Crippen LogP contribution is -2.42. The van der Waals surface area contributed by atoms with E-state index in [0.717, 1.165) is 25.9 Å². The van der Waals surface area contributed by atoms with Gasteiger partial charge in [0, 0.05) is 6.54 Å². The fourth-order valence-corrected chi connectivity index (χ4v) is 2.12. The molecule has 1 aliphatic heterocycles. The van der Waals surface area contributed by atoms with Crippen molar-refractivity contribution < 1.29 is 8.42 Å². The molecular formula is C8H19ClN2O2S. The van der Waals surface area contributed by atoms with Crippen LogP contribution < -0.4 is 10.0 Å². The summed E-state index contributed by atoms with van der Waals surface area (Å²) in [5, 5.41) is 3.26. The molecule has 1 aliphatic rings. The van der Waals surface area contributed by atoms with Gasteiger partial charge >= 0.3 is 0 Å². The highest BCUT2D eigenvalue weighted by Gasteiger charge is 2.27. The molecule has 0 aromatic rings. The van der Waals surface area contributed by atoms with Gasteiger partial charge in [-0.1, -0.05) is 6.92 Å². The Labute approximate surface area is 92.3 Å². The van der Waals surface area contributed by atoms with E-state index in [1.165, 1.54) is 6.26 Å². The zero-order valence-corrected chi connectivity index (χ0v) is 10.3. The molecular weight excluding hydrogens is 224 g/mol. The molecule has 0 aliphatic carbocycles. The van der Waals surface area contributed by atoms with Crippen LogP contribution in [0.3, 0.4) is 0 Å². The molecule has 0 saturated carbocycles. The molecule has 6 heteroatoms. The van der Waals surface area contributed by atoms with Crippen LogP contribution in [0, 0.1) is 5.41 Å². The van der Waals surface area contributed by atoms with Crippen LogP contribution in [-0.4, -0.2) is 34.3 Å². The number of nitrogens with one attached hydrogen (secondary N) is 2. The summed E-state index contributed by atoms with van der Waals surface area (Å²) >= 11 is 0. The molecule has 2 N–H and O–H groups in total. The first-order valence-electron chi connectivity index (χ1n) is 4.57. The van der Waals surface area contributed by atoms with Crippen molar-refractivity contribution in [3.63, 3.8) is 0 Å². The first-order chi connectivity index (χ1) is 5.91. The predicted molar refractivity (Wildman–Crippen MR) is 60.3 cm³/mol. The van der Waals surface area contributed by atoms with E-state index >= 15 is 0 Å². The first-order valence-corrected chi connectivity index (χ1v) is 6.46. The lowest BCUT2D eigenvalue weighted by atomic mass is 9.81. The quantitative estimate of drug-likeness (QED) is 0.751. The third-order valence-corrected chi connectivity index (χ3v) is 3.24. The van der Waals surface area contributed by atoms with E-state index in [-0.39, 0.29) is 17.8 Å². The van der Waals surface area contributed by atoms with Crippen molar-refractivity contribution >= 4 is 22.4 Å². The minimum Gasteiger partial charge on any atom is -0.317 e. The van der Waals surface area contributed by atoms with E-state index in [1.807, 2.05) is 0 Å². The third-order valence-electron chi connectivity index (χ3n) is 2.57. The maximum absolute atomic E-state index is 10.9. The van der Waals surface area contributed by atoms with Gasteiger partial charge in [-0.15, -0.1) is 12.4 Å². The van der Waals surface area contributed by atoms with Crippen LogP contribution in [0.25, 0.3) is 0 Å². The van der Waals surface area contributed by atoms with Crippen molar-refractivity contribution in [2.24, 2.45) is 5.41 Å². The lowest BCUT2D eigenvalue weighted by Gasteiger charge is -2.33. The van der Waals surface area contributed by atoms with Gasteiger partial charge in [-0.25, -0.2) is 13.1 Å². The van der Waals surface area contributed by atoms with Gasteiger partial charge < -0.3 is 5.32 Å². The van der Waals surface area contributed by atoms with E-state index in [4.69, 9.17) is 0 Å². The molecule has 0 atom stereocenters. The second kappa shape index (κ2) is 5.30. The molecule has 0 unspecified atom stereocenters. The minimum absolute atomic E-state index is 0. The first kappa shape index (κ1) is 14.2. The summed E-state index contributed by atoms with van der Waals surface area (Å²) in [6, 6.07) is 0. The molecule has 0 amide bonds. The van der Waals surface area contributed by atoms with Crippen LogP contribution in [-0.2, 0) is 10.0 Å². The SMILES string of the molecule is CC1(CNS(C)(=O)=O)CCNCC1.Cl. The predicted octanol–water partition coefficient (Wildman–Crippen LogP) is 0.347. The second-order valence-electron chi connectivity index (χ2n) is 4.15. The highest BCUT2D eigenvalue weighted by molar-refractivity contribution is 7.88. The Morgan fingerprint density at radius 1 is 1.36 bits per heavy atom. The molecule has 1 saturated heterocycles. The Morgan fingerprint density at radius 2 is 1.86 bits per heavy atom. The number of rotatable bonds is 3. The van der Waals surface area contributed by atoms with Gasteiger partial charge in [0.2, 0.25) is 10.0 Å². The monoisotopic (exact) mass is 242 g/mol. The van der Waals surface area contributed by atoms with Gasteiger partial charge in [0.1, 0.15) is 0 Å². The average Bonchev–Trinajstić information content (AvgIpc) is 2.02. The Balaban J connectivity index is 0.00000169. The summed E-state index contributed by atoms with van der Waals surface area (Å²) in [7, 11) is -3.03. The normalized spacial score (nSPS) is 21.3. The zero-order valence-electron chi connectivity index (χ0n) is 8.67. The number of hydrogen-bond acceptors (Lipinski definition) is 3. The van der Waals surface area contributed by atoms with E-state index in [9.17, 15) is 8.42 Å². The van der Waals surface area contributed by atoms with E-state index in [0.29, 0.717) is 6.54 Å². The maximum Gasteiger partial charge on any atom is 0.208 e. The number of piperidine rings is 1. The second-order valence-corrected chi connectivity index (χ2v) is 5.99. The van der Waals surface area contributed by atoms with Gasteiger partial charge in [-0.3, -0.25) is 0 Å². The summed E-state index contributed by atoms with van der Waals surface area (Å²) in [4.78, 5) is 0. The van der Waals surface area contributed by atoms with Gasteiger partial charge in [0.05, 0.1) is 6.26 Å². The van der Waals surface area contributed by atoms with Gasteiger partial charge in [-0.2, -0.15) is 0 Å². The van der Waals surface area contributed by atoms with Crippen LogP contribution in [0.5, 0.6) is 0 Å². The number of halogens is 1. The summed E-state index contributed by atoms with van der Waals surface area (Å²) in [5.74, 6) is 0. The van der Waals surface area contributed by atoms with Crippen LogP contribution >= 0.6 is 12.4 Å². The Kier molecular flexibility index (Phi) is 5.36. The summed E-state index contributed by atoms with van der Waals surface area (Å²) in [6.07, 6.45) is 3.28. The lowest BCUT2D eigenvalue weighted by molar-refractivity contribution is 0.232. The van der Waals surface area contributed by atoms with Crippen molar-refractivity contribution in [2.45, 2.75) is 19.8 Å². The van der Waals surface area contributed by atoms with Crippen molar-refractivity contribution in [3.8, 4) is 0 Å². The maximum atomic E-state index is 10.9. The fourth-order valence-electron chi connectivity index (χ4n) is 1.51. The largest absolute Gasteiger partial charge is 0.317 e.